The first-order valence-corrected chi connectivity index (χ1v) is 8.69. The summed E-state index contributed by atoms with van der Waals surface area (Å²) in [5.74, 6) is -2.40. The van der Waals surface area contributed by atoms with Crippen LogP contribution in [-0.4, -0.2) is 21.0 Å². The average molecular weight is 383 g/mol. The molecule has 4 rings (SSSR count). The van der Waals surface area contributed by atoms with Gasteiger partial charge in [-0.3, -0.25) is 4.98 Å². The highest BCUT2D eigenvalue weighted by atomic mass is 32.1. The van der Waals surface area contributed by atoms with Crippen LogP contribution in [0.4, 0.5) is 20.2 Å². The van der Waals surface area contributed by atoms with E-state index in [4.69, 9.17) is 0 Å². The van der Waals surface area contributed by atoms with E-state index in [-0.39, 0.29) is 11.3 Å². The van der Waals surface area contributed by atoms with Crippen molar-refractivity contribution in [2.45, 2.75) is 0 Å². The van der Waals surface area contributed by atoms with Gasteiger partial charge in [-0.1, -0.05) is 0 Å². The molecule has 0 saturated heterocycles. The van der Waals surface area contributed by atoms with Crippen molar-refractivity contribution in [2.75, 3.05) is 5.32 Å². The number of aromatic carboxylic acids is 1. The number of carboxylic acids is 1. The van der Waals surface area contributed by atoms with Crippen molar-refractivity contribution in [3.63, 3.8) is 0 Å². The lowest BCUT2D eigenvalue weighted by atomic mass is 10.1. The van der Waals surface area contributed by atoms with Crippen LogP contribution in [0.15, 0.2) is 54.2 Å². The van der Waals surface area contributed by atoms with Crippen molar-refractivity contribution in [1.29, 1.82) is 0 Å². The number of fused-ring (bicyclic) bond motifs is 1. The van der Waals surface area contributed by atoms with Gasteiger partial charge >= 0.3 is 5.97 Å². The van der Waals surface area contributed by atoms with E-state index in [1.807, 2.05) is 0 Å². The van der Waals surface area contributed by atoms with E-state index in [1.165, 1.54) is 35.6 Å². The number of aromatic nitrogens is 2. The van der Waals surface area contributed by atoms with Gasteiger partial charge in [0, 0.05) is 23.2 Å². The van der Waals surface area contributed by atoms with Gasteiger partial charge in [-0.2, -0.15) is 0 Å². The molecule has 0 fully saturated rings. The van der Waals surface area contributed by atoms with Gasteiger partial charge in [-0.25, -0.2) is 18.6 Å². The number of carbonyl (C=O) groups is 1. The van der Waals surface area contributed by atoms with Gasteiger partial charge < -0.3 is 10.4 Å². The number of benzene rings is 2. The number of rotatable bonds is 4. The van der Waals surface area contributed by atoms with E-state index in [1.54, 1.807) is 17.8 Å². The Morgan fingerprint density at radius 3 is 2.59 bits per heavy atom. The minimum atomic E-state index is -1.28. The summed E-state index contributed by atoms with van der Waals surface area (Å²) >= 11 is 1.37. The molecule has 0 radical (unpaired) electrons. The van der Waals surface area contributed by atoms with Gasteiger partial charge in [0.15, 0.2) is 0 Å². The number of nitrogens with zero attached hydrogens (tertiary/aromatic N) is 2. The van der Waals surface area contributed by atoms with Crippen LogP contribution in [0.3, 0.4) is 0 Å². The molecule has 27 heavy (non-hydrogen) atoms. The summed E-state index contributed by atoms with van der Waals surface area (Å²) in [6, 6.07) is 7.55. The van der Waals surface area contributed by atoms with Crippen molar-refractivity contribution in [3.05, 3.63) is 71.4 Å². The number of anilines is 2. The Hall–Kier alpha value is -3.39. The Balaban J connectivity index is 1.96. The zero-order valence-electron chi connectivity index (χ0n) is 13.6. The number of hydrogen-bond acceptors (Lipinski definition) is 5. The number of carboxylic acid groups (broad SMARTS) is 1. The van der Waals surface area contributed by atoms with Gasteiger partial charge in [0.2, 0.25) is 0 Å². The summed E-state index contributed by atoms with van der Waals surface area (Å²) < 4.78 is 27.4. The molecule has 0 unspecified atom stereocenters. The van der Waals surface area contributed by atoms with Gasteiger partial charge in [-0.05, 0) is 36.4 Å². The summed E-state index contributed by atoms with van der Waals surface area (Å²) in [6.07, 6.45) is 3.21. The fourth-order valence-corrected chi connectivity index (χ4v) is 3.41. The van der Waals surface area contributed by atoms with Crippen LogP contribution < -0.4 is 5.32 Å². The molecule has 8 heteroatoms. The lowest BCUT2D eigenvalue weighted by molar-refractivity contribution is 0.0697. The van der Waals surface area contributed by atoms with E-state index in [0.29, 0.717) is 27.2 Å². The van der Waals surface area contributed by atoms with Crippen molar-refractivity contribution in [2.24, 2.45) is 0 Å². The summed E-state index contributed by atoms with van der Waals surface area (Å²) in [7, 11) is 0. The predicted octanol–water partition coefficient (Wildman–Crippen LogP) is 5.08. The van der Waals surface area contributed by atoms with Crippen LogP contribution in [0.1, 0.15) is 10.4 Å². The summed E-state index contributed by atoms with van der Waals surface area (Å²) in [6.45, 7) is 0. The van der Waals surface area contributed by atoms with Crippen LogP contribution in [0.5, 0.6) is 0 Å². The summed E-state index contributed by atoms with van der Waals surface area (Å²) in [5.41, 5.74) is 1.51. The van der Waals surface area contributed by atoms with E-state index >= 15 is 0 Å². The first-order chi connectivity index (χ1) is 13.0. The molecule has 4 aromatic rings. The highest BCUT2D eigenvalue weighted by Gasteiger charge is 2.17. The van der Waals surface area contributed by atoms with Gasteiger partial charge in [0.25, 0.3) is 0 Å². The molecule has 0 atom stereocenters. The van der Waals surface area contributed by atoms with Crippen molar-refractivity contribution >= 4 is 39.6 Å². The van der Waals surface area contributed by atoms with E-state index < -0.39 is 17.6 Å². The Bertz CT molecular complexity index is 1160. The zero-order valence-corrected chi connectivity index (χ0v) is 14.4. The third-order valence-corrected chi connectivity index (χ3v) is 4.77. The van der Waals surface area contributed by atoms with Crippen LogP contribution in [0, 0.1) is 11.6 Å². The molecule has 2 aromatic carbocycles. The molecule has 0 aliphatic carbocycles. The highest BCUT2D eigenvalue weighted by Crippen LogP contribution is 2.37. The molecule has 0 spiro atoms. The lowest BCUT2D eigenvalue weighted by Gasteiger charge is -2.15. The van der Waals surface area contributed by atoms with E-state index in [9.17, 15) is 18.7 Å². The second-order valence-corrected chi connectivity index (χ2v) is 6.56. The molecule has 5 nitrogen and oxygen atoms in total. The fourth-order valence-electron chi connectivity index (χ4n) is 2.76. The summed E-state index contributed by atoms with van der Waals surface area (Å²) in [4.78, 5) is 20.1. The standard InChI is InChI=1S/C19H11F2N3O2S/c20-10-1-3-15-12(7-10)17(14(9-23-15)18-22-5-6-27-18)24-16-4-2-11(21)8-13(16)19(25)26/h1-9H,(H,23,24)(H,25,26). The van der Waals surface area contributed by atoms with Crippen molar-refractivity contribution in [3.8, 4) is 10.6 Å². The molecule has 0 aliphatic rings. The molecule has 0 saturated carbocycles. The third-order valence-electron chi connectivity index (χ3n) is 3.96. The maximum Gasteiger partial charge on any atom is 0.337 e. The molecule has 2 heterocycles. The monoisotopic (exact) mass is 383 g/mol. The fraction of sp³-hybridized carbons (Fsp3) is 0. The molecular formula is C19H11F2N3O2S. The second kappa shape index (κ2) is 6.73. The Labute approximate surface area is 156 Å². The van der Waals surface area contributed by atoms with Crippen LogP contribution in [-0.2, 0) is 0 Å². The first kappa shape index (κ1) is 17.0. The normalized spacial score (nSPS) is 10.9. The topological polar surface area (TPSA) is 75.1 Å². The van der Waals surface area contributed by atoms with E-state index in [2.05, 4.69) is 15.3 Å². The molecular weight excluding hydrogens is 372 g/mol. The molecule has 2 N–H and O–H groups in total. The van der Waals surface area contributed by atoms with Crippen LogP contribution >= 0.6 is 11.3 Å². The largest absolute Gasteiger partial charge is 0.478 e. The number of hydrogen-bond donors (Lipinski definition) is 2. The minimum Gasteiger partial charge on any atom is -0.478 e. The van der Waals surface area contributed by atoms with Crippen molar-refractivity contribution in [1.82, 2.24) is 9.97 Å². The highest BCUT2D eigenvalue weighted by molar-refractivity contribution is 7.13. The van der Waals surface area contributed by atoms with Gasteiger partial charge in [0.05, 0.1) is 28.0 Å². The third kappa shape index (κ3) is 3.22. The molecule has 0 amide bonds. The Kier molecular flexibility index (Phi) is 4.25. The summed E-state index contributed by atoms with van der Waals surface area (Å²) in [5, 5.41) is 15.3. The Morgan fingerprint density at radius 2 is 1.85 bits per heavy atom. The molecule has 2 aromatic heterocycles. The van der Waals surface area contributed by atoms with E-state index in [0.717, 1.165) is 12.1 Å². The number of halogens is 2. The van der Waals surface area contributed by atoms with Gasteiger partial charge in [-0.15, -0.1) is 11.3 Å². The number of thiazole rings is 1. The minimum absolute atomic E-state index is 0.179. The molecule has 0 bridgehead atoms. The quantitative estimate of drug-likeness (QED) is 0.514. The lowest BCUT2D eigenvalue weighted by Crippen LogP contribution is -2.05. The molecule has 134 valence electrons. The SMILES string of the molecule is O=C(O)c1cc(F)ccc1Nc1c(-c2nccs2)cnc2ccc(F)cc12. The number of pyridine rings is 1. The average Bonchev–Trinajstić information content (AvgIpc) is 3.17. The maximum absolute atomic E-state index is 13.9. The first-order valence-electron chi connectivity index (χ1n) is 7.81. The molecule has 0 aliphatic heterocycles. The predicted molar refractivity (Wildman–Crippen MR) is 99.5 cm³/mol. The van der Waals surface area contributed by atoms with Gasteiger partial charge in [0.1, 0.15) is 16.6 Å². The zero-order chi connectivity index (χ0) is 19.0. The Morgan fingerprint density at radius 1 is 1.07 bits per heavy atom. The van der Waals surface area contributed by atoms with Crippen LogP contribution in [0.25, 0.3) is 21.5 Å². The second-order valence-electron chi connectivity index (χ2n) is 5.67. The van der Waals surface area contributed by atoms with Crippen LogP contribution in [0.2, 0.25) is 0 Å². The maximum atomic E-state index is 13.9. The smallest absolute Gasteiger partial charge is 0.337 e. The number of nitrogens with one attached hydrogen (secondary N) is 1. The van der Waals surface area contributed by atoms with Crippen molar-refractivity contribution < 1.29 is 18.7 Å².